The Kier molecular flexibility index (Phi) is 3.46. The molecule has 0 aliphatic carbocycles. The Morgan fingerprint density at radius 2 is 2.11 bits per heavy atom. The number of benzene rings is 1. The Hall–Kier alpha value is -2.10. The van der Waals surface area contributed by atoms with Crippen LogP contribution in [0.1, 0.15) is 17.7 Å². The second-order valence-corrected chi connectivity index (χ2v) is 4.27. The van der Waals surface area contributed by atoms with E-state index in [0.717, 1.165) is 16.8 Å². The van der Waals surface area contributed by atoms with Crippen molar-refractivity contribution in [1.82, 2.24) is 4.98 Å². The van der Waals surface area contributed by atoms with Gasteiger partial charge in [-0.05, 0) is 31.0 Å². The van der Waals surface area contributed by atoms with Crippen molar-refractivity contribution in [3.05, 3.63) is 45.7 Å². The van der Waals surface area contributed by atoms with Gasteiger partial charge in [-0.2, -0.15) is 0 Å². The molecule has 0 spiro atoms. The van der Waals surface area contributed by atoms with Gasteiger partial charge < -0.3 is 9.72 Å². The summed E-state index contributed by atoms with van der Waals surface area (Å²) in [5.41, 5.74) is 2.63. The quantitative estimate of drug-likeness (QED) is 0.841. The third-order valence-corrected chi connectivity index (χ3v) is 2.87. The van der Waals surface area contributed by atoms with E-state index < -0.39 is 0 Å². The Morgan fingerprint density at radius 3 is 2.83 bits per heavy atom. The molecule has 18 heavy (non-hydrogen) atoms. The molecule has 1 aromatic heterocycles. The number of fused-ring (bicyclic) bond motifs is 1. The number of methoxy groups -OCH3 is 1. The van der Waals surface area contributed by atoms with Crippen molar-refractivity contribution in [2.75, 3.05) is 7.11 Å². The summed E-state index contributed by atoms with van der Waals surface area (Å²) in [7, 11) is 1.37. The molecule has 4 nitrogen and oxygen atoms in total. The highest BCUT2D eigenvalue weighted by Gasteiger charge is 2.04. The number of aromatic amines is 1. The fourth-order valence-electron chi connectivity index (χ4n) is 1.93. The van der Waals surface area contributed by atoms with Crippen LogP contribution in [-0.2, 0) is 16.0 Å². The zero-order chi connectivity index (χ0) is 13.1. The summed E-state index contributed by atoms with van der Waals surface area (Å²) < 4.78 is 4.59. The first-order valence-corrected chi connectivity index (χ1v) is 5.79. The second kappa shape index (κ2) is 5.04. The lowest BCUT2D eigenvalue weighted by atomic mass is 10.1. The normalized spacial score (nSPS) is 10.6. The fourth-order valence-corrected chi connectivity index (χ4v) is 1.93. The first kappa shape index (κ1) is 12.4. The molecule has 2 rings (SSSR count). The Morgan fingerprint density at radius 1 is 1.33 bits per heavy atom. The summed E-state index contributed by atoms with van der Waals surface area (Å²) in [5, 5.41) is 0.656. The molecule has 0 saturated carbocycles. The lowest BCUT2D eigenvalue weighted by molar-refractivity contribution is -0.140. The molecule has 0 saturated heterocycles. The van der Waals surface area contributed by atoms with Crippen molar-refractivity contribution < 1.29 is 9.53 Å². The number of esters is 1. The Bertz CT molecular complexity index is 643. The third kappa shape index (κ3) is 2.59. The summed E-state index contributed by atoms with van der Waals surface area (Å²) in [6.45, 7) is 1.85. The first-order chi connectivity index (χ1) is 8.60. The van der Waals surface area contributed by atoms with E-state index in [2.05, 4.69) is 9.72 Å². The summed E-state index contributed by atoms with van der Waals surface area (Å²) >= 11 is 0. The molecule has 4 heteroatoms. The van der Waals surface area contributed by atoms with Crippen LogP contribution < -0.4 is 5.43 Å². The van der Waals surface area contributed by atoms with E-state index in [4.69, 9.17) is 0 Å². The number of pyridine rings is 1. The smallest absolute Gasteiger partial charge is 0.305 e. The second-order valence-electron chi connectivity index (χ2n) is 4.27. The van der Waals surface area contributed by atoms with Gasteiger partial charge in [0.2, 0.25) is 0 Å². The number of hydrogen-bond donors (Lipinski definition) is 1. The maximum Gasteiger partial charge on any atom is 0.305 e. The molecule has 0 aliphatic rings. The highest BCUT2D eigenvalue weighted by atomic mass is 16.5. The molecule has 1 aromatic carbocycles. The molecule has 1 N–H and O–H groups in total. The molecule has 94 valence electrons. The highest BCUT2D eigenvalue weighted by Crippen LogP contribution is 2.12. The van der Waals surface area contributed by atoms with Gasteiger partial charge in [-0.1, -0.05) is 6.07 Å². The first-order valence-electron chi connectivity index (χ1n) is 5.79. The zero-order valence-electron chi connectivity index (χ0n) is 10.4. The number of aryl methyl sites for hydroxylation is 2. The van der Waals surface area contributed by atoms with E-state index in [1.165, 1.54) is 7.11 Å². The van der Waals surface area contributed by atoms with Crippen LogP contribution in [0, 0.1) is 6.92 Å². The van der Waals surface area contributed by atoms with Gasteiger partial charge in [0.25, 0.3) is 0 Å². The minimum atomic E-state index is -0.243. The van der Waals surface area contributed by atoms with E-state index >= 15 is 0 Å². The van der Waals surface area contributed by atoms with Crippen LogP contribution in [0.3, 0.4) is 0 Å². The largest absolute Gasteiger partial charge is 0.469 e. The number of aromatic nitrogens is 1. The van der Waals surface area contributed by atoms with Gasteiger partial charge in [-0.3, -0.25) is 9.59 Å². The molecule has 0 bridgehead atoms. The predicted octanol–water partition coefficient (Wildman–Crippen LogP) is 1.94. The van der Waals surface area contributed by atoms with Crippen LogP contribution in [-0.4, -0.2) is 18.1 Å². The molecule has 0 aliphatic heterocycles. The van der Waals surface area contributed by atoms with Gasteiger partial charge in [-0.15, -0.1) is 0 Å². The van der Waals surface area contributed by atoms with Crippen LogP contribution >= 0.6 is 0 Å². The molecular formula is C14H15NO3. The maximum atomic E-state index is 11.8. The van der Waals surface area contributed by atoms with Crippen LogP contribution in [0.15, 0.2) is 29.1 Å². The number of rotatable bonds is 3. The monoisotopic (exact) mass is 245 g/mol. The number of carbonyl (C=O) groups excluding carboxylic acids is 1. The fraction of sp³-hybridized carbons (Fsp3) is 0.286. The van der Waals surface area contributed by atoms with Gasteiger partial charge >= 0.3 is 5.97 Å². The summed E-state index contributed by atoms with van der Waals surface area (Å²) in [6, 6.07) is 7.19. The van der Waals surface area contributed by atoms with Gasteiger partial charge in [-0.25, -0.2) is 0 Å². The van der Waals surface area contributed by atoms with E-state index in [-0.39, 0.29) is 11.4 Å². The molecule has 0 unspecified atom stereocenters. The van der Waals surface area contributed by atoms with E-state index in [0.29, 0.717) is 18.2 Å². The van der Waals surface area contributed by atoms with Crippen LogP contribution in [0.4, 0.5) is 0 Å². The van der Waals surface area contributed by atoms with Crippen LogP contribution in [0.5, 0.6) is 0 Å². The van der Waals surface area contributed by atoms with Gasteiger partial charge in [0.1, 0.15) is 0 Å². The van der Waals surface area contributed by atoms with E-state index in [1.54, 1.807) is 6.07 Å². The molecule has 0 atom stereocenters. The number of H-pyrrole nitrogens is 1. The molecule has 0 amide bonds. The third-order valence-electron chi connectivity index (χ3n) is 2.87. The van der Waals surface area contributed by atoms with Gasteiger partial charge in [0.05, 0.1) is 7.11 Å². The summed E-state index contributed by atoms with van der Waals surface area (Å²) in [5.74, 6) is -0.243. The number of nitrogens with one attached hydrogen (secondary N) is 1. The zero-order valence-corrected chi connectivity index (χ0v) is 10.4. The minimum absolute atomic E-state index is 0.00108. The van der Waals surface area contributed by atoms with Crippen molar-refractivity contribution in [2.24, 2.45) is 0 Å². The minimum Gasteiger partial charge on any atom is -0.469 e. The standard InChI is InChI=1S/C14H15NO3/c1-9-7-13(16)11-8-10(3-5-12(11)15-9)4-6-14(17)18-2/h3,5,7-8H,4,6H2,1-2H3,(H,15,16). The van der Waals surface area contributed by atoms with Crippen LogP contribution in [0.2, 0.25) is 0 Å². The molecule has 1 heterocycles. The van der Waals surface area contributed by atoms with Crippen molar-refractivity contribution >= 4 is 16.9 Å². The van der Waals surface area contributed by atoms with Gasteiger partial charge in [0.15, 0.2) is 5.43 Å². The van der Waals surface area contributed by atoms with Crippen LogP contribution in [0.25, 0.3) is 10.9 Å². The van der Waals surface area contributed by atoms with Gasteiger partial charge in [0, 0.05) is 29.1 Å². The number of carbonyl (C=O) groups is 1. The van der Waals surface area contributed by atoms with Crippen molar-refractivity contribution in [2.45, 2.75) is 19.8 Å². The van der Waals surface area contributed by atoms with Crippen molar-refractivity contribution in [3.63, 3.8) is 0 Å². The highest BCUT2D eigenvalue weighted by molar-refractivity contribution is 5.79. The van der Waals surface area contributed by atoms with Crippen molar-refractivity contribution in [1.29, 1.82) is 0 Å². The van der Waals surface area contributed by atoms with E-state index in [1.807, 2.05) is 25.1 Å². The lowest BCUT2D eigenvalue weighted by Crippen LogP contribution is -2.05. The van der Waals surface area contributed by atoms with E-state index in [9.17, 15) is 9.59 Å². The lowest BCUT2D eigenvalue weighted by Gasteiger charge is -2.04. The number of hydrogen-bond acceptors (Lipinski definition) is 3. The molecular weight excluding hydrogens is 230 g/mol. The Balaban J connectivity index is 2.33. The number of ether oxygens (including phenoxy) is 1. The topological polar surface area (TPSA) is 59.2 Å². The average molecular weight is 245 g/mol. The maximum absolute atomic E-state index is 11.8. The van der Waals surface area contributed by atoms with Crippen molar-refractivity contribution in [3.8, 4) is 0 Å². The predicted molar refractivity (Wildman–Crippen MR) is 69.6 cm³/mol. The average Bonchev–Trinajstić information content (AvgIpc) is 2.36. The SMILES string of the molecule is COC(=O)CCc1ccc2[nH]c(C)cc(=O)c2c1. The molecule has 0 fully saturated rings. The molecule has 0 radical (unpaired) electrons. The Labute approximate surface area is 105 Å². The summed E-state index contributed by atoms with van der Waals surface area (Å²) in [4.78, 5) is 26.0. The summed E-state index contributed by atoms with van der Waals surface area (Å²) in [6.07, 6.45) is 0.904. The molecule has 2 aromatic rings.